The van der Waals surface area contributed by atoms with Crippen molar-refractivity contribution in [3.8, 4) is 5.75 Å². The van der Waals surface area contributed by atoms with E-state index in [0.29, 0.717) is 5.75 Å². The maximum absolute atomic E-state index is 10.7. The molecule has 1 aromatic heterocycles. The van der Waals surface area contributed by atoms with E-state index in [1.165, 1.54) is 6.92 Å². The van der Waals surface area contributed by atoms with Crippen molar-refractivity contribution < 1.29 is 9.53 Å². The zero-order valence-electron chi connectivity index (χ0n) is 8.13. The molecule has 1 rings (SSSR count). The summed E-state index contributed by atoms with van der Waals surface area (Å²) in [4.78, 5) is 15.0. The Morgan fingerprint density at radius 1 is 1.54 bits per heavy atom. The predicted octanol–water partition coefficient (Wildman–Crippen LogP) is 1.88. The second-order valence-corrected chi connectivity index (χ2v) is 2.84. The van der Waals surface area contributed by atoms with Crippen LogP contribution >= 0.6 is 0 Å². The minimum absolute atomic E-state index is 0.305. The van der Waals surface area contributed by atoms with E-state index in [2.05, 4.69) is 4.98 Å². The highest BCUT2D eigenvalue weighted by Crippen LogP contribution is 2.17. The molecule has 70 valence electrons. The van der Waals surface area contributed by atoms with E-state index >= 15 is 0 Å². The fourth-order valence-corrected chi connectivity index (χ4v) is 1.10. The number of aromatic nitrogens is 1. The van der Waals surface area contributed by atoms with Gasteiger partial charge in [-0.3, -0.25) is 9.78 Å². The van der Waals surface area contributed by atoms with Gasteiger partial charge in [0.1, 0.15) is 0 Å². The number of aryl methyl sites for hydroxylation is 2. The van der Waals surface area contributed by atoms with Crippen molar-refractivity contribution in [1.29, 1.82) is 0 Å². The summed E-state index contributed by atoms with van der Waals surface area (Å²) in [6.07, 6.45) is 0.768. The van der Waals surface area contributed by atoms with Crippen LogP contribution in [0.4, 0.5) is 0 Å². The number of rotatable bonds is 2. The lowest BCUT2D eigenvalue weighted by molar-refractivity contribution is -0.131. The highest BCUT2D eigenvalue weighted by atomic mass is 16.5. The molecular weight excluding hydrogens is 166 g/mol. The lowest BCUT2D eigenvalue weighted by Gasteiger charge is -2.06. The second-order valence-electron chi connectivity index (χ2n) is 2.84. The van der Waals surface area contributed by atoms with Gasteiger partial charge in [-0.1, -0.05) is 6.92 Å². The van der Waals surface area contributed by atoms with Crippen LogP contribution in [0.25, 0.3) is 0 Å². The van der Waals surface area contributed by atoms with Gasteiger partial charge in [-0.05, 0) is 25.5 Å². The molecule has 3 heteroatoms. The second kappa shape index (κ2) is 4.03. The number of ether oxygens (including phenoxy) is 1. The van der Waals surface area contributed by atoms with E-state index in [1.54, 1.807) is 6.07 Å². The van der Waals surface area contributed by atoms with Gasteiger partial charge >= 0.3 is 5.97 Å². The van der Waals surface area contributed by atoms with Gasteiger partial charge in [0.2, 0.25) is 0 Å². The van der Waals surface area contributed by atoms with E-state index < -0.39 is 0 Å². The highest BCUT2D eigenvalue weighted by molar-refractivity contribution is 5.69. The number of esters is 1. The lowest BCUT2D eigenvalue weighted by atomic mass is 10.2. The molecule has 0 saturated heterocycles. The van der Waals surface area contributed by atoms with E-state index in [1.807, 2.05) is 19.9 Å². The first kappa shape index (κ1) is 9.71. The van der Waals surface area contributed by atoms with Crippen LogP contribution in [0, 0.1) is 6.92 Å². The quantitative estimate of drug-likeness (QED) is 0.651. The minimum Gasteiger partial charge on any atom is -0.425 e. The van der Waals surface area contributed by atoms with Crippen LogP contribution in [0.15, 0.2) is 12.1 Å². The van der Waals surface area contributed by atoms with Crippen molar-refractivity contribution in [1.82, 2.24) is 4.98 Å². The molecule has 0 unspecified atom stereocenters. The number of carbonyl (C=O) groups is 1. The van der Waals surface area contributed by atoms with Crippen molar-refractivity contribution >= 4 is 5.97 Å². The Balaban J connectivity index is 2.99. The number of carbonyl (C=O) groups excluding carboxylic acids is 1. The summed E-state index contributed by atoms with van der Waals surface area (Å²) in [5, 5.41) is 0. The Kier molecular flexibility index (Phi) is 3.01. The Morgan fingerprint density at radius 3 is 2.77 bits per heavy atom. The van der Waals surface area contributed by atoms with Crippen molar-refractivity contribution in [2.45, 2.75) is 27.2 Å². The van der Waals surface area contributed by atoms with E-state index in [4.69, 9.17) is 4.74 Å². The molecule has 0 aliphatic carbocycles. The molecule has 0 aliphatic heterocycles. The van der Waals surface area contributed by atoms with Gasteiger partial charge in [0.25, 0.3) is 0 Å². The first-order valence-electron chi connectivity index (χ1n) is 4.28. The molecule has 0 bridgehead atoms. The fraction of sp³-hybridized carbons (Fsp3) is 0.400. The van der Waals surface area contributed by atoms with Crippen LogP contribution in [0.2, 0.25) is 0 Å². The van der Waals surface area contributed by atoms with E-state index in [0.717, 1.165) is 17.8 Å². The summed E-state index contributed by atoms with van der Waals surface area (Å²) >= 11 is 0. The molecule has 0 N–H and O–H groups in total. The first-order valence-corrected chi connectivity index (χ1v) is 4.28. The number of pyridine rings is 1. The summed E-state index contributed by atoms with van der Waals surface area (Å²) in [5.74, 6) is 0.265. The molecular formula is C10H13NO2. The zero-order valence-corrected chi connectivity index (χ0v) is 8.13. The number of hydrogen-bond acceptors (Lipinski definition) is 3. The molecule has 0 aliphatic rings. The summed E-state index contributed by atoms with van der Waals surface area (Å²) < 4.78 is 4.99. The highest BCUT2D eigenvalue weighted by Gasteiger charge is 2.05. The summed E-state index contributed by atoms with van der Waals surface area (Å²) in [7, 11) is 0. The summed E-state index contributed by atoms with van der Waals surface area (Å²) in [6, 6.07) is 3.61. The molecule has 0 spiro atoms. The number of hydrogen-bond donors (Lipinski definition) is 0. The molecule has 1 heterocycles. The molecule has 0 saturated carbocycles. The SMILES string of the molecule is CCc1nc(C)ccc1OC(C)=O. The van der Waals surface area contributed by atoms with Crippen LogP contribution in [-0.4, -0.2) is 11.0 Å². The molecule has 0 atom stereocenters. The van der Waals surface area contributed by atoms with Crippen LogP contribution in [0.3, 0.4) is 0 Å². The maximum Gasteiger partial charge on any atom is 0.308 e. The van der Waals surface area contributed by atoms with E-state index in [-0.39, 0.29) is 5.97 Å². The van der Waals surface area contributed by atoms with Crippen LogP contribution < -0.4 is 4.74 Å². The monoisotopic (exact) mass is 179 g/mol. The molecule has 0 amide bonds. The topological polar surface area (TPSA) is 39.2 Å². The van der Waals surface area contributed by atoms with Gasteiger partial charge in [-0.25, -0.2) is 0 Å². The maximum atomic E-state index is 10.7. The molecule has 0 radical (unpaired) electrons. The molecule has 0 aromatic carbocycles. The van der Waals surface area contributed by atoms with Gasteiger partial charge in [0.05, 0.1) is 5.69 Å². The minimum atomic E-state index is -0.305. The van der Waals surface area contributed by atoms with Gasteiger partial charge in [-0.15, -0.1) is 0 Å². The molecule has 0 fully saturated rings. The molecule has 1 aromatic rings. The summed E-state index contributed by atoms with van der Waals surface area (Å²) in [6.45, 7) is 5.28. The number of nitrogens with zero attached hydrogens (tertiary/aromatic N) is 1. The molecule has 13 heavy (non-hydrogen) atoms. The van der Waals surface area contributed by atoms with Crippen LogP contribution in [0.5, 0.6) is 5.75 Å². The average molecular weight is 179 g/mol. The molecule has 3 nitrogen and oxygen atoms in total. The predicted molar refractivity (Wildman–Crippen MR) is 49.7 cm³/mol. The Bertz CT molecular complexity index is 321. The Morgan fingerprint density at radius 2 is 2.23 bits per heavy atom. The van der Waals surface area contributed by atoms with Gasteiger partial charge < -0.3 is 4.74 Å². The van der Waals surface area contributed by atoms with Gasteiger partial charge in [-0.2, -0.15) is 0 Å². The smallest absolute Gasteiger partial charge is 0.308 e. The lowest BCUT2D eigenvalue weighted by Crippen LogP contribution is -2.05. The normalized spacial score (nSPS) is 9.77. The fourth-order valence-electron chi connectivity index (χ4n) is 1.10. The third-order valence-electron chi connectivity index (χ3n) is 1.66. The van der Waals surface area contributed by atoms with Crippen molar-refractivity contribution in [3.05, 3.63) is 23.5 Å². The average Bonchev–Trinajstić information content (AvgIpc) is 2.07. The van der Waals surface area contributed by atoms with Gasteiger partial charge in [0.15, 0.2) is 5.75 Å². The van der Waals surface area contributed by atoms with Crippen LogP contribution in [-0.2, 0) is 11.2 Å². The van der Waals surface area contributed by atoms with Crippen molar-refractivity contribution in [3.63, 3.8) is 0 Å². The van der Waals surface area contributed by atoms with Crippen molar-refractivity contribution in [2.75, 3.05) is 0 Å². The van der Waals surface area contributed by atoms with Crippen LogP contribution in [0.1, 0.15) is 25.2 Å². The largest absolute Gasteiger partial charge is 0.425 e. The third kappa shape index (κ3) is 2.54. The standard InChI is InChI=1S/C10H13NO2/c1-4-9-10(13-8(3)12)6-5-7(2)11-9/h5-6H,4H2,1-3H3. The summed E-state index contributed by atoms with van der Waals surface area (Å²) in [5.41, 5.74) is 1.77. The Hall–Kier alpha value is -1.38. The van der Waals surface area contributed by atoms with Gasteiger partial charge in [0, 0.05) is 12.6 Å². The first-order chi connectivity index (χ1) is 6.13. The third-order valence-corrected chi connectivity index (χ3v) is 1.66. The zero-order chi connectivity index (χ0) is 9.84. The van der Waals surface area contributed by atoms with Crippen molar-refractivity contribution in [2.24, 2.45) is 0 Å². The van der Waals surface area contributed by atoms with E-state index in [9.17, 15) is 4.79 Å². The Labute approximate surface area is 77.8 Å².